The fourth-order valence-electron chi connectivity index (χ4n) is 2.22. The van der Waals surface area contributed by atoms with Gasteiger partial charge in [-0.1, -0.05) is 38.3 Å². The largest absolute Gasteiger partial charge is 0.487 e. The van der Waals surface area contributed by atoms with Crippen molar-refractivity contribution < 1.29 is 4.74 Å². The second kappa shape index (κ2) is 7.02. The lowest BCUT2D eigenvalue weighted by atomic mass is 10.0. The molecule has 18 heavy (non-hydrogen) atoms. The molecule has 0 aliphatic carbocycles. The molecule has 0 bridgehead atoms. The zero-order valence-electron chi connectivity index (χ0n) is 10.9. The number of rotatable bonds is 6. The maximum absolute atomic E-state index is 6.05. The number of para-hydroxylation sites is 1. The summed E-state index contributed by atoms with van der Waals surface area (Å²) < 4.78 is 6.05. The van der Waals surface area contributed by atoms with Crippen molar-refractivity contribution in [2.24, 2.45) is 5.84 Å². The van der Waals surface area contributed by atoms with Crippen molar-refractivity contribution >= 4 is 11.8 Å². The van der Waals surface area contributed by atoms with Crippen LogP contribution in [0.5, 0.6) is 5.75 Å². The van der Waals surface area contributed by atoms with Gasteiger partial charge in [0, 0.05) is 10.6 Å². The van der Waals surface area contributed by atoms with E-state index in [1.807, 2.05) is 23.9 Å². The third-order valence-corrected chi connectivity index (χ3v) is 4.46. The number of thioether (sulfide) groups is 1. The molecule has 0 radical (unpaired) electrons. The van der Waals surface area contributed by atoms with E-state index in [9.17, 15) is 0 Å². The smallest absolute Gasteiger partial charge is 0.133 e. The number of nitrogens with two attached hydrogens (primary N) is 1. The predicted octanol–water partition coefficient (Wildman–Crippen LogP) is 2.95. The molecule has 3 nitrogen and oxygen atoms in total. The Kier molecular flexibility index (Phi) is 5.35. The van der Waals surface area contributed by atoms with E-state index in [-0.39, 0.29) is 12.1 Å². The summed E-state index contributed by atoms with van der Waals surface area (Å²) in [6, 6.07) is 8.46. The van der Waals surface area contributed by atoms with Crippen molar-refractivity contribution in [3.8, 4) is 5.75 Å². The quantitative estimate of drug-likeness (QED) is 0.472. The van der Waals surface area contributed by atoms with Crippen molar-refractivity contribution in [1.29, 1.82) is 0 Å². The van der Waals surface area contributed by atoms with Crippen LogP contribution in [0, 0.1) is 0 Å². The minimum Gasteiger partial charge on any atom is -0.487 e. The van der Waals surface area contributed by atoms with Crippen LogP contribution in [-0.4, -0.2) is 17.9 Å². The van der Waals surface area contributed by atoms with E-state index in [1.165, 1.54) is 24.2 Å². The average Bonchev–Trinajstić information content (AvgIpc) is 2.43. The summed E-state index contributed by atoms with van der Waals surface area (Å²) in [5.41, 5.74) is 2.92. The molecular formula is C14H22N2OS. The zero-order valence-corrected chi connectivity index (χ0v) is 11.7. The normalized spacial score (nSPS) is 20.0. The first kappa shape index (κ1) is 13.7. The van der Waals surface area contributed by atoms with Crippen LogP contribution in [0.1, 0.15) is 32.6 Å². The Morgan fingerprint density at radius 1 is 1.44 bits per heavy atom. The summed E-state index contributed by atoms with van der Waals surface area (Å²) in [5, 5.41) is 0. The van der Waals surface area contributed by atoms with Gasteiger partial charge >= 0.3 is 0 Å². The SMILES string of the molecule is CCCCCC(NN)C1CSc2ccccc2O1. The van der Waals surface area contributed by atoms with Crippen molar-refractivity contribution in [2.45, 2.75) is 49.6 Å². The second-order valence-electron chi connectivity index (χ2n) is 4.68. The van der Waals surface area contributed by atoms with E-state index in [2.05, 4.69) is 24.5 Å². The molecule has 0 spiro atoms. The highest BCUT2D eigenvalue weighted by Crippen LogP contribution is 2.36. The Hall–Kier alpha value is -0.710. The number of hydrogen-bond donors (Lipinski definition) is 2. The Morgan fingerprint density at radius 3 is 3.06 bits per heavy atom. The van der Waals surface area contributed by atoms with E-state index < -0.39 is 0 Å². The van der Waals surface area contributed by atoms with Crippen molar-refractivity contribution in [1.82, 2.24) is 5.43 Å². The molecule has 1 heterocycles. The molecule has 3 N–H and O–H groups in total. The molecule has 0 aromatic heterocycles. The molecule has 1 aliphatic heterocycles. The third kappa shape index (κ3) is 3.40. The van der Waals surface area contributed by atoms with Crippen LogP contribution in [0.25, 0.3) is 0 Å². The van der Waals surface area contributed by atoms with E-state index in [0.29, 0.717) is 0 Å². The van der Waals surface area contributed by atoms with Gasteiger partial charge in [-0.05, 0) is 18.6 Å². The van der Waals surface area contributed by atoms with Gasteiger partial charge in [-0.3, -0.25) is 11.3 Å². The Bertz CT molecular complexity index is 373. The lowest BCUT2D eigenvalue weighted by Crippen LogP contribution is -2.48. The average molecular weight is 266 g/mol. The molecule has 100 valence electrons. The van der Waals surface area contributed by atoms with E-state index in [1.54, 1.807) is 0 Å². The Morgan fingerprint density at radius 2 is 2.28 bits per heavy atom. The number of hydrazine groups is 1. The summed E-state index contributed by atoms with van der Waals surface area (Å²) in [5.74, 6) is 7.63. The summed E-state index contributed by atoms with van der Waals surface area (Å²) in [6.45, 7) is 2.22. The van der Waals surface area contributed by atoms with Crippen LogP contribution in [0.3, 0.4) is 0 Å². The molecule has 0 fully saturated rings. The number of hydrogen-bond acceptors (Lipinski definition) is 4. The molecule has 0 saturated carbocycles. The summed E-state index contributed by atoms with van der Waals surface area (Å²) in [4.78, 5) is 1.23. The van der Waals surface area contributed by atoms with Crippen LogP contribution in [0.15, 0.2) is 29.2 Å². The van der Waals surface area contributed by atoms with Gasteiger partial charge in [-0.25, -0.2) is 0 Å². The molecule has 0 amide bonds. The van der Waals surface area contributed by atoms with Gasteiger partial charge in [-0.2, -0.15) is 0 Å². The first-order valence-electron chi connectivity index (χ1n) is 6.69. The summed E-state index contributed by atoms with van der Waals surface area (Å²) in [7, 11) is 0. The van der Waals surface area contributed by atoms with Crippen molar-refractivity contribution in [3.63, 3.8) is 0 Å². The molecule has 2 atom stereocenters. The number of nitrogens with one attached hydrogen (secondary N) is 1. The van der Waals surface area contributed by atoms with E-state index >= 15 is 0 Å². The highest BCUT2D eigenvalue weighted by atomic mass is 32.2. The van der Waals surface area contributed by atoms with Gasteiger partial charge in [0.05, 0.1) is 6.04 Å². The van der Waals surface area contributed by atoms with Crippen molar-refractivity contribution in [2.75, 3.05) is 5.75 Å². The first-order valence-corrected chi connectivity index (χ1v) is 7.68. The molecule has 2 rings (SSSR count). The highest BCUT2D eigenvalue weighted by molar-refractivity contribution is 7.99. The zero-order chi connectivity index (χ0) is 12.8. The predicted molar refractivity (Wildman–Crippen MR) is 76.8 cm³/mol. The monoisotopic (exact) mass is 266 g/mol. The topological polar surface area (TPSA) is 47.3 Å². The highest BCUT2D eigenvalue weighted by Gasteiger charge is 2.26. The maximum atomic E-state index is 6.05. The molecule has 1 aromatic carbocycles. The summed E-state index contributed by atoms with van der Waals surface area (Å²) >= 11 is 1.86. The second-order valence-corrected chi connectivity index (χ2v) is 5.74. The minimum absolute atomic E-state index is 0.173. The molecular weight excluding hydrogens is 244 g/mol. The van der Waals surface area contributed by atoms with Crippen LogP contribution in [0.4, 0.5) is 0 Å². The molecule has 1 aliphatic rings. The summed E-state index contributed by atoms with van der Waals surface area (Å²) in [6.07, 6.45) is 4.95. The maximum Gasteiger partial charge on any atom is 0.133 e. The fourth-order valence-corrected chi connectivity index (χ4v) is 3.30. The van der Waals surface area contributed by atoms with E-state index in [0.717, 1.165) is 17.9 Å². The molecule has 4 heteroatoms. The Balaban J connectivity index is 1.93. The van der Waals surface area contributed by atoms with Crippen LogP contribution in [0.2, 0.25) is 0 Å². The molecule has 0 saturated heterocycles. The van der Waals surface area contributed by atoms with E-state index in [4.69, 9.17) is 10.6 Å². The fraction of sp³-hybridized carbons (Fsp3) is 0.571. The van der Waals surface area contributed by atoms with Crippen molar-refractivity contribution in [3.05, 3.63) is 24.3 Å². The lowest BCUT2D eigenvalue weighted by Gasteiger charge is -2.31. The molecule has 2 unspecified atom stereocenters. The van der Waals surface area contributed by atoms with Gasteiger partial charge < -0.3 is 4.74 Å². The number of ether oxygens (including phenoxy) is 1. The number of benzene rings is 1. The lowest BCUT2D eigenvalue weighted by molar-refractivity contribution is 0.159. The first-order chi connectivity index (χ1) is 8.85. The van der Waals surface area contributed by atoms with Gasteiger partial charge in [0.1, 0.15) is 11.9 Å². The number of fused-ring (bicyclic) bond motifs is 1. The van der Waals surface area contributed by atoms with Crippen LogP contribution >= 0.6 is 11.8 Å². The van der Waals surface area contributed by atoms with Gasteiger partial charge in [0.15, 0.2) is 0 Å². The van der Waals surface area contributed by atoms with Gasteiger partial charge in [-0.15, -0.1) is 11.8 Å². The van der Waals surface area contributed by atoms with Crippen LogP contribution < -0.4 is 16.0 Å². The number of unbranched alkanes of at least 4 members (excludes halogenated alkanes) is 2. The van der Waals surface area contributed by atoms with Crippen LogP contribution in [-0.2, 0) is 0 Å². The van der Waals surface area contributed by atoms with Gasteiger partial charge in [0.2, 0.25) is 0 Å². The standard InChI is InChI=1S/C14H22N2OS/c1-2-3-4-7-11(16-15)13-10-18-14-9-6-5-8-12(14)17-13/h5-6,8-9,11,13,16H,2-4,7,10,15H2,1H3. The third-order valence-electron chi connectivity index (χ3n) is 3.31. The Labute approximate surface area is 113 Å². The van der Waals surface area contributed by atoms with Gasteiger partial charge in [0.25, 0.3) is 0 Å². The minimum atomic E-state index is 0.173. The molecule has 1 aromatic rings.